The zero-order valence-corrected chi connectivity index (χ0v) is 10.1. The van der Waals surface area contributed by atoms with E-state index in [9.17, 15) is 5.11 Å². The first kappa shape index (κ1) is 12.8. The number of aliphatic hydroxyl groups excluding tert-OH is 1. The van der Waals surface area contributed by atoms with E-state index >= 15 is 0 Å². The molecule has 2 nitrogen and oxygen atoms in total. The van der Waals surface area contributed by atoms with E-state index < -0.39 is 0 Å². The number of aliphatic hydroxyl groups is 1. The molecule has 1 aliphatic rings. The minimum atomic E-state index is -0.251. The van der Waals surface area contributed by atoms with E-state index in [0.717, 1.165) is 17.0 Å². The molecule has 2 N–H and O–H groups in total. The zero-order chi connectivity index (χ0) is 10.2. The Morgan fingerprint density at radius 3 is 2.80 bits per heavy atom. The second-order valence-corrected chi connectivity index (χ2v) is 4.52. The van der Waals surface area contributed by atoms with Crippen LogP contribution in [0.1, 0.15) is 18.9 Å². The van der Waals surface area contributed by atoms with Gasteiger partial charge in [-0.2, -0.15) is 0 Å². The lowest BCUT2D eigenvalue weighted by molar-refractivity contribution is 0.186. The van der Waals surface area contributed by atoms with Crippen LogP contribution in [0.4, 0.5) is 0 Å². The minimum Gasteiger partial charge on any atom is -0.392 e. The van der Waals surface area contributed by atoms with Gasteiger partial charge in [-0.25, -0.2) is 0 Å². The molecule has 4 heteroatoms. The maximum absolute atomic E-state index is 9.50. The van der Waals surface area contributed by atoms with Crippen LogP contribution in [0.15, 0.2) is 24.3 Å². The number of benzene rings is 1. The fraction of sp³-hybridized carbons (Fsp3) is 0.455. The van der Waals surface area contributed by atoms with Crippen molar-refractivity contribution in [3.05, 3.63) is 34.9 Å². The van der Waals surface area contributed by atoms with Crippen molar-refractivity contribution in [1.29, 1.82) is 0 Å². The topological polar surface area (TPSA) is 32.3 Å². The highest BCUT2D eigenvalue weighted by Crippen LogP contribution is 2.31. The lowest BCUT2D eigenvalue weighted by atomic mass is 9.90. The van der Waals surface area contributed by atoms with Gasteiger partial charge in [-0.1, -0.05) is 23.7 Å². The fourth-order valence-electron chi connectivity index (χ4n) is 2.01. The highest BCUT2D eigenvalue weighted by atomic mass is 35.5. The van der Waals surface area contributed by atoms with Gasteiger partial charge in [0.2, 0.25) is 0 Å². The van der Waals surface area contributed by atoms with E-state index in [1.807, 2.05) is 24.3 Å². The van der Waals surface area contributed by atoms with Gasteiger partial charge < -0.3 is 10.4 Å². The first-order chi connectivity index (χ1) is 6.60. The van der Waals surface area contributed by atoms with E-state index in [1.165, 1.54) is 0 Å². The van der Waals surface area contributed by atoms with E-state index in [0.29, 0.717) is 6.54 Å². The van der Waals surface area contributed by atoms with Gasteiger partial charge in [-0.3, -0.25) is 0 Å². The molecule has 0 saturated carbocycles. The first-order valence-electron chi connectivity index (χ1n) is 4.79. The first-order valence-corrected chi connectivity index (χ1v) is 5.17. The maximum atomic E-state index is 9.50. The molecule has 2 atom stereocenters. The molecule has 1 aliphatic heterocycles. The second-order valence-electron chi connectivity index (χ2n) is 4.08. The Morgan fingerprint density at radius 2 is 2.27 bits per heavy atom. The van der Waals surface area contributed by atoms with Gasteiger partial charge in [-0.05, 0) is 31.0 Å². The number of nitrogens with one attached hydrogen (secondary N) is 1. The summed E-state index contributed by atoms with van der Waals surface area (Å²) in [6.45, 7) is 2.75. The predicted octanol–water partition coefficient (Wildman–Crippen LogP) is 2.33. The summed E-state index contributed by atoms with van der Waals surface area (Å²) in [7, 11) is 0. The Kier molecular flexibility index (Phi) is 4.01. The molecule has 1 saturated heterocycles. The summed E-state index contributed by atoms with van der Waals surface area (Å²) in [6.07, 6.45) is 0.492. The Morgan fingerprint density at radius 1 is 1.53 bits per heavy atom. The minimum absolute atomic E-state index is 0. The van der Waals surface area contributed by atoms with Gasteiger partial charge in [0.05, 0.1) is 6.10 Å². The van der Waals surface area contributed by atoms with Crippen LogP contribution in [0.3, 0.4) is 0 Å². The van der Waals surface area contributed by atoms with E-state index in [1.54, 1.807) is 0 Å². The van der Waals surface area contributed by atoms with Gasteiger partial charge in [0, 0.05) is 17.1 Å². The molecule has 0 radical (unpaired) electrons. The van der Waals surface area contributed by atoms with Crippen LogP contribution in [-0.2, 0) is 5.54 Å². The van der Waals surface area contributed by atoms with Gasteiger partial charge in [-0.15, -0.1) is 12.4 Å². The summed E-state index contributed by atoms with van der Waals surface area (Å²) in [6, 6.07) is 7.79. The third kappa shape index (κ3) is 2.64. The van der Waals surface area contributed by atoms with Gasteiger partial charge in [0.1, 0.15) is 0 Å². The molecule has 0 bridgehead atoms. The van der Waals surface area contributed by atoms with Gasteiger partial charge >= 0.3 is 0 Å². The number of rotatable bonds is 1. The molecule has 1 fully saturated rings. The Hall–Kier alpha value is -0.280. The summed E-state index contributed by atoms with van der Waals surface area (Å²) >= 11 is 5.93. The number of hydrogen-bond acceptors (Lipinski definition) is 2. The smallest absolute Gasteiger partial charge is 0.0685 e. The average Bonchev–Trinajstić information content (AvgIpc) is 2.48. The van der Waals surface area contributed by atoms with Crippen LogP contribution in [0, 0.1) is 0 Å². The van der Waals surface area contributed by atoms with Crippen LogP contribution < -0.4 is 5.32 Å². The average molecular weight is 248 g/mol. The largest absolute Gasteiger partial charge is 0.392 e. The number of hydrogen-bond donors (Lipinski definition) is 2. The Bertz CT molecular complexity index is 345. The van der Waals surface area contributed by atoms with E-state index in [4.69, 9.17) is 11.6 Å². The summed E-state index contributed by atoms with van der Waals surface area (Å²) < 4.78 is 0. The summed E-state index contributed by atoms with van der Waals surface area (Å²) in [5.74, 6) is 0. The molecule has 2 rings (SSSR count). The van der Waals surface area contributed by atoms with Crippen molar-refractivity contribution in [3.63, 3.8) is 0 Å². The number of halogens is 2. The fourth-order valence-corrected chi connectivity index (χ4v) is 2.20. The predicted molar refractivity (Wildman–Crippen MR) is 64.7 cm³/mol. The van der Waals surface area contributed by atoms with E-state index in [2.05, 4.69) is 12.2 Å². The molecule has 1 heterocycles. The van der Waals surface area contributed by atoms with Crippen LogP contribution in [0.5, 0.6) is 0 Å². The normalized spacial score (nSPS) is 29.9. The molecule has 1 aromatic carbocycles. The van der Waals surface area contributed by atoms with Crippen LogP contribution in [-0.4, -0.2) is 17.8 Å². The molecular weight excluding hydrogens is 233 g/mol. The molecule has 0 amide bonds. The third-order valence-electron chi connectivity index (χ3n) is 2.83. The SMILES string of the molecule is CC1(c2cccc(Cl)c2)CC(O)CN1.Cl. The Balaban J connectivity index is 0.00000112. The van der Waals surface area contributed by atoms with Crippen LogP contribution >= 0.6 is 24.0 Å². The second kappa shape index (κ2) is 4.71. The van der Waals surface area contributed by atoms with Crippen molar-refractivity contribution in [2.75, 3.05) is 6.54 Å². The van der Waals surface area contributed by atoms with Crippen LogP contribution in [0.25, 0.3) is 0 Å². The van der Waals surface area contributed by atoms with Crippen molar-refractivity contribution >= 4 is 24.0 Å². The highest BCUT2D eigenvalue weighted by molar-refractivity contribution is 6.30. The molecule has 1 aromatic rings. The van der Waals surface area contributed by atoms with Gasteiger partial charge in [0.25, 0.3) is 0 Å². The molecule has 2 unspecified atom stereocenters. The van der Waals surface area contributed by atoms with Crippen molar-refractivity contribution in [2.45, 2.75) is 25.0 Å². The monoisotopic (exact) mass is 247 g/mol. The van der Waals surface area contributed by atoms with E-state index in [-0.39, 0.29) is 24.0 Å². The van der Waals surface area contributed by atoms with Crippen LogP contribution in [0.2, 0.25) is 5.02 Å². The van der Waals surface area contributed by atoms with Crippen molar-refractivity contribution in [1.82, 2.24) is 5.32 Å². The van der Waals surface area contributed by atoms with Crippen molar-refractivity contribution in [3.8, 4) is 0 Å². The standard InChI is InChI=1S/C11H14ClNO.ClH/c1-11(6-10(14)7-13-11)8-3-2-4-9(12)5-8;/h2-5,10,13-14H,6-7H2,1H3;1H. The highest BCUT2D eigenvalue weighted by Gasteiger charge is 2.35. The number of β-amino-alcohol motifs (C(OH)–C–C–N with tert-alkyl or cyclic N) is 1. The maximum Gasteiger partial charge on any atom is 0.0685 e. The molecule has 84 valence electrons. The molecule has 15 heavy (non-hydrogen) atoms. The lowest BCUT2D eigenvalue weighted by Gasteiger charge is -2.24. The summed E-state index contributed by atoms with van der Waals surface area (Å²) in [4.78, 5) is 0. The van der Waals surface area contributed by atoms with Crippen molar-refractivity contribution in [2.24, 2.45) is 0 Å². The molecule has 0 aliphatic carbocycles. The summed E-state index contributed by atoms with van der Waals surface area (Å²) in [5.41, 5.74) is 1.01. The summed E-state index contributed by atoms with van der Waals surface area (Å²) in [5, 5.41) is 13.6. The third-order valence-corrected chi connectivity index (χ3v) is 3.07. The quantitative estimate of drug-likeness (QED) is 0.799. The molecular formula is C11H15Cl2NO. The lowest BCUT2D eigenvalue weighted by Crippen LogP contribution is -2.32. The Labute approximate surface area is 101 Å². The zero-order valence-electron chi connectivity index (χ0n) is 8.53. The molecule has 0 spiro atoms. The van der Waals surface area contributed by atoms with Gasteiger partial charge in [0.15, 0.2) is 0 Å². The molecule has 0 aromatic heterocycles. The van der Waals surface area contributed by atoms with Crippen molar-refractivity contribution < 1.29 is 5.11 Å².